The lowest BCUT2D eigenvalue weighted by molar-refractivity contribution is 0.104. The fraction of sp³-hybridized carbons (Fsp3) is 0.583. The Bertz CT molecular complexity index is 327. The van der Waals surface area contributed by atoms with Crippen molar-refractivity contribution in [2.45, 2.75) is 44.3 Å². The summed E-state index contributed by atoms with van der Waals surface area (Å²) >= 11 is 0. The first-order valence-corrected chi connectivity index (χ1v) is 5.55. The third-order valence-corrected chi connectivity index (χ3v) is 3.14. The molecule has 0 unspecified atom stereocenters. The molecule has 0 spiro atoms. The van der Waals surface area contributed by atoms with Gasteiger partial charge in [-0.05, 0) is 30.5 Å². The van der Waals surface area contributed by atoms with Gasteiger partial charge in [-0.1, -0.05) is 12.8 Å². The van der Waals surface area contributed by atoms with E-state index in [4.69, 9.17) is 5.11 Å². The van der Waals surface area contributed by atoms with E-state index in [1.54, 1.807) is 12.3 Å². The maximum atomic E-state index is 9.88. The second-order valence-corrected chi connectivity index (χ2v) is 4.21. The molecule has 0 radical (unpaired) electrons. The van der Waals surface area contributed by atoms with E-state index in [1.807, 2.05) is 6.07 Å². The highest BCUT2D eigenvalue weighted by Crippen LogP contribution is 2.32. The van der Waals surface area contributed by atoms with Crippen LogP contribution in [0.3, 0.4) is 0 Å². The Morgan fingerprint density at radius 2 is 2.13 bits per heavy atom. The van der Waals surface area contributed by atoms with Crippen LogP contribution in [-0.4, -0.2) is 21.3 Å². The van der Waals surface area contributed by atoms with Crippen LogP contribution in [0.1, 0.15) is 42.9 Å². The zero-order valence-electron chi connectivity index (χ0n) is 8.76. The summed E-state index contributed by atoms with van der Waals surface area (Å²) in [6.45, 7) is 0.0400. The summed E-state index contributed by atoms with van der Waals surface area (Å²) in [6.07, 6.45) is 5.59. The average molecular weight is 207 g/mol. The Labute approximate surface area is 89.8 Å². The van der Waals surface area contributed by atoms with Gasteiger partial charge in [0.05, 0.1) is 12.7 Å². The second-order valence-electron chi connectivity index (χ2n) is 4.21. The Hall–Kier alpha value is -0.930. The zero-order chi connectivity index (χ0) is 10.7. The van der Waals surface area contributed by atoms with Crippen LogP contribution in [0, 0.1) is 0 Å². The van der Waals surface area contributed by atoms with Crippen LogP contribution in [-0.2, 0) is 6.61 Å². The van der Waals surface area contributed by atoms with Gasteiger partial charge in [0, 0.05) is 17.8 Å². The van der Waals surface area contributed by atoms with Gasteiger partial charge in [-0.25, -0.2) is 0 Å². The van der Waals surface area contributed by atoms with E-state index >= 15 is 0 Å². The van der Waals surface area contributed by atoms with Crippen molar-refractivity contribution >= 4 is 0 Å². The molecule has 1 saturated carbocycles. The van der Waals surface area contributed by atoms with Crippen LogP contribution < -0.4 is 0 Å². The van der Waals surface area contributed by atoms with Crippen molar-refractivity contribution in [2.75, 3.05) is 0 Å². The minimum absolute atomic E-state index is 0.0400. The van der Waals surface area contributed by atoms with Crippen LogP contribution in [0.2, 0.25) is 0 Å². The standard InChI is InChI=1S/C12H17NO2/c14-8-9-5-6-13-11(7-9)10-3-1-2-4-12(10)15/h5-7,10,12,14-15H,1-4,8H2/t10-,12+/m0/s1. The fourth-order valence-electron chi connectivity index (χ4n) is 2.25. The smallest absolute Gasteiger partial charge is 0.0683 e. The number of hydrogen-bond donors (Lipinski definition) is 2. The van der Waals surface area contributed by atoms with E-state index in [1.165, 1.54) is 0 Å². The molecule has 1 aliphatic rings. The van der Waals surface area contributed by atoms with Crippen molar-refractivity contribution in [3.05, 3.63) is 29.6 Å². The van der Waals surface area contributed by atoms with Crippen LogP contribution in [0.15, 0.2) is 18.3 Å². The molecule has 15 heavy (non-hydrogen) atoms. The highest BCUT2D eigenvalue weighted by atomic mass is 16.3. The molecule has 1 aromatic rings. The molecule has 2 atom stereocenters. The van der Waals surface area contributed by atoms with Crippen molar-refractivity contribution in [3.63, 3.8) is 0 Å². The van der Waals surface area contributed by atoms with Gasteiger partial charge >= 0.3 is 0 Å². The highest BCUT2D eigenvalue weighted by Gasteiger charge is 2.25. The van der Waals surface area contributed by atoms with E-state index < -0.39 is 0 Å². The normalized spacial score (nSPS) is 26.5. The van der Waals surface area contributed by atoms with E-state index in [9.17, 15) is 5.11 Å². The molecule has 0 saturated heterocycles. The summed E-state index contributed by atoms with van der Waals surface area (Å²) in [4.78, 5) is 4.29. The molecule has 3 heteroatoms. The van der Waals surface area contributed by atoms with Gasteiger partial charge in [0.15, 0.2) is 0 Å². The van der Waals surface area contributed by atoms with Crippen LogP contribution in [0.5, 0.6) is 0 Å². The van der Waals surface area contributed by atoms with Gasteiger partial charge in [0.25, 0.3) is 0 Å². The molecule has 2 N–H and O–H groups in total. The van der Waals surface area contributed by atoms with Crippen LogP contribution >= 0.6 is 0 Å². The molecule has 0 amide bonds. The predicted molar refractivity (Wildman–Crippen MR) is 57.4 cm³/mol. The molecule has 2 rings (SSSR count). The number of pyridine rings is 1. The van der Waals surface area contributed by atoms with Gasteiger partial charge in [-0.3, -0.25) is 4.98 Å². The fourth-order valence-corrected chi connectivity index (χ4v) is 2.25. The zero-order valence-corrected chi connectivity index (χ0v) is 8.76. The van der Waals surface area contributed by atoms with Crippen LogP contribution in [0.25, 0.3) is 0 Å². The monoisotopic (exact) mass is 207 g/mol. The van der Waals surface area contributed by atoms with Crippen LogP contribution in [0.4, 0.5) is 0 Å². The topological polar surface area (TPSA) is 53.4 Å². The number of aliphatic hydroxyl groups is 2. The Balaban J connectivity index is 2.19. The predicted octanol–water partition coefficient (Wildman–Crippen LogP) is 1.59. The van der Waals surface area contributed by atoms with Crippen molar-refractivity contribution < 1.29 is 10.2 Å². The minimum atomic E-state index is -0.264. The lowest BCUT2D eigenvalue weighted by atomic mass is 9.84. The first kappa shape index (κ1) is 10.6. The van der Waals surface area contributed by atoms with E-state index in [-0.39, 0.29) is 18.6 Å². The number of aliphatic hydroxyl groups excluding tert-OH is 2. The van der Waals surface area contributed by atoms with Gasteiger partial charge in [0.2, 0.25) is 0 Å². The van der Waals surface area contributed by atoms with E-state index in [2.05, 4.69) is 4.98 Å². The summed E-state index contributed by atoms with van der Waals surface area (Å²) in [5.41, 5.74) is 1.80. The van der Waals surface area contributed by atoms with E-state index in [0.29, 0.717) is 0 Å². The van der Waals surface area contributed by atoms with Gasteiger partial charge in [-0.15, -0.1) is 0 Å². The molecule has 1 heterocycles. The average Bonchev–Trinajstić information content (AvgIpc) is 2.30. The quantitative estimate of drug-likeness (QED) is 0.774. The van der Waals surface area contributed by atoms with Crippen molar-refractivity contribution in [1.29, 1.82) is 0 Å². The maximum Gasteiger partial charge on any atom is 0.0683 e. The summed E-state index contributed by atoms with van der Waals surface area (Å²) in [5.74, 6) is 0.158. The molecular formula is C12H17NO2. The largest absolute Gasteiger partial charge is 0.392 e. The lowest BCUT2D eigenvalue weighted by Gasteiger charge is -2.27. The molecule has 1 aromatic heterocycles. The maximum absolute atomic E-state index is 9.88. The molecule has 3 nitrogen and oxygen atoms in total. The highest BCUT2D eigenvalue weighted by molar-refractivity contribution is 5.19. The third kappa shape index (κ3) is 2.36. The summed E-state index contributed by atoms with van der Waals surface area (Å²) < 4.78 is 0. The van der Waals surface area contributed by atoms with Crippen molar-refractivity contribution in [2.24, 2.45) is 0 Å². The number of hydrogen-bond acceptors (Lipinski definition) is 3. The summed E-state index contributed by atoms with van der Waals surface area (Å²) in [6, 6.07) is 3.71. The number of aromatic nitrogens is 1. The Morgan fingerprint density at radius 1 is 1.33 bits per heavy atom. The molecule has 0 aliphatic heterocycles. The molecule has 0 aromatic carbocycles. The summed E-state index contributed by atoms with van der Waals surface area (Å²) in [7, 11) is 0. The van der Waals surface area contributed by atoms with Gasteiger partial charge in [-0.2, -0.15) is 0 Å². The Morgan fingerprint density at radius 3 is 2.87 bits per heavy atom. The lowest BCUT2D eigenvalue weighted by Crippen LogP contribution is -2.23. The third-order valence-electron chi connectivity index (χ3n) is 3.14. The first-order chi connectivity index (χ1) is 7.31. The SMILES string of the molecule is OCc1ccnc([C@@H]2CCCC[C@H]2O)c1. The van der Waals surface area contributed by atoms with Gasteiger partial charge < -0.3 is 10.2 Å². The second kappa shape index (κ2) is 4.73. The number of nitrogens with zero attached hydrogens (tertiary/aromatic N) is 1. The molecule has 82 valence electrons. The summed E-state index contributed by atoms with van der Waals surface area (Å²) in [5, 5.41) is 18.9. The molecule has 1 fully saturated rings. The number of rotatable bonds is 2. The molecular weight excluding hydrogens is 190 g/mol. The van der Waals surface area contributed by atoms with Gasteiger partial charge in [0.1, 0.15) is 0 Å². The first-order valence-electron chi connectivity index (χ1n) is 5.55. The molecule has 1 aliphatic carbocycles. The molecule has 0 bridgehead atoms. The van der Waals surface area contributed by atoms with E-state index in [0.717, 1.165) is 36.9 Å². The van der Waals surface area contributed by atoms with Crippen molar-refractivity contribution in [3.8, 4) is 0 Å². The van der Waals surface area contributed by atoms with Crippen molar-refractivity contribution in [1.82, 2.24) is 4.98 Å². The minimum Gasteiger partial charge on any atom is -0.392 e. The Kier molecular flexibility index (Phi) is 3.34.